The lowest BCUT2D eigenvalue weighted by atomic mass is 10.1. The zero-order valence-corrected chi connectivity index (χ0v) is 12.5. The molecule has 6 heteroatoms. The summed E-state index contributed by atoms with van der Waals surface area (Å²) < 4.78 is 10.5. The molecule has 0 bridgehead atoms. The highest BCUT2D eigenvalue weighted by Gasteiger charge is 2.27. The fourth-order valence-corrected chi connectivity index (χ4v) is 2.34. The maximum Gasteiger partial charge on any atom is 0.245 e. The maximum atomic E-state index is 12.3. The number of hydrogen-bond acceptors (Lipinski definition) is 4. The standard InChI is InChI=1S/C15H20N2O4/c1-10-15(19)17(7-6-14(18)16-10)9-11-4-5-12(20-2)8-13(11)21-3/h4-5,8,10H,6-7,9H2,1-3H3,(H,16,18). The topological polar surface area (TPSA) is 67.9 Å². The van der Waals surface area contributed by atoms with Gasteiger partial charge in [0.2, 0.25) is 11.8 Å². The van der Waals surface area contributed by atoms with Crippen molar-refractivity contribution in [1.82, 2.24) is 10.2 Å². The highest BCUT2D eigenvalue weighted by Crippen LogP contribution is 2.26. The molecule has 1 aliphatic rings. The van der Waals surface area contributed by atoms with Crippen molar-refractivity contribution >= 4 is 11.8 Å². The van der Waals surface area contributed by atoms with Crippen LogP contribution in [0.3, 0.4) is 0 Å². The molecule has 1 saturated heterocycles. The summed E-state index contributed by atoms with van der Waals surface area (Å²) in [6.45, 7) is 2.51. The van der Waals surface area contributed by atoms with E-state index in [2.05, 4.69) is 5.32 Å². The number of rotatable bonds is 4. The van der Waals surface area contributed by atoms with Crippen LogP contribution in [0.15, 0.2) is 18.2 Å². The second-order valence-electron chi connectivity index (χ2n) is 4.98. The van der Waals surface area contributed by atoms with Gasteiger partial charge in [-0.2, -0.15) is 0 Å². The Hall–Kier alpha value is -2.24. The molecular formula is C15H20N2O4. The SMILES string of the molecule is COc1ccc(CN2CCC(=O)NC(C)C2=O)c(OC)c1. The average Bonchev–Trinajstić information content (AvgIpc) is 2.61. The van der Waals surface area contributed by atoms with Crippen molar-refractivity contribution in [1.29, 1.82) is 0 Å². The molecule has 1 unspecified atom stereocenters. The van der Waals surface area contributed by atoms with Gasteiger partial charge in [0.15, 0.2) is 0 Å². The van der Waals surface area contributed by atoms with Crippen LogP contribution in [0.1, 0.15) is 18.9 Å². The van der Waals surface area contributed by atoms with E-state index in [-0.39, 0.29) is 11.8 Å². The molecule has 1 aromatic carbocycles. The highest BCUT2D eigenvalue weighted by molar-refractivity contribution is 5.89. The van der Waals surface area contributed by atoms with E-state index in [4.69, 9.17) is 9.47 Å². The Morgan fingerprint density at radius 2 is 2.05 bits per heavy atom. The van der Waals surface area contributed by atoms with Gasteiger partial charge in [0.25, 0.3) is 0 Å². The lowest BCUT2D eigenvalue weighted by molar-refractivity contribution is -0.133. The number of hydrogen-bond donors (Lipinski definition) is 1. The van der Waals surface area contributed by atoms with E-state index < -0.39 is 6.04 Å². The Balaban J connectivity index is 2.20. The van der Waals surface area contributed by atoms with E-state index in [9.17, 15) is 9.59 Å². The first kappa shape index (κ1) is 15.2. The minimum absolute atomic E-state index is 0.0845. The predicted octanol–water partition coefficient (Wildman–Crippen LogP) is 0.941. The molecule has 1 N–H and O–H groups in total. The lowest BCUT2D eigenvalue weighted by Gasteiger charge is -2.23. The minimum atomic E-state index is -0.496. The van der Waals surface area contributed by atoms with Crippen molar-refractivity contribution in [2.45, 2.75) is 25.9 Å². The van der Waals surface area contributed by atoms with E-state index in [0.29, 0.717) is 31.0 Å². The van der Waals surface area contributed by atoms with Gasteiger partial charge in [0.05, 0.1) is 14.2 Å². The lowest BCUT2D eigenvalue weighted by Crippen LogP contribution is -2.42. The number of carbonyl (C=O) groups excluding carboxylic acids is 2. The van der Waals surface area contributed by atoms with Gasteiger partial charge < -0.3 is 19.7 Å². The van der Waals surface area contributed by atoms with Crippen LogP contribution in [-0.2, 0) is 16.1 Å². The molecule has 2 amide bonds. The molecule has 1 aromatic rings. The Morgan fingerprint density at radius 3 is 2.71 bits per heavy atom. The smallest absolute Gasteiger partial charge is 0.245 e. The van der Waals surface area contributed by atoms with Crippen molar-refractivity contribution in [3.05, 3.63) is 23.8 Å². The molecule has 1 atom stereocenters. The van der Waals surface area contributed by atoms with Crippen LogP contribution in [0.2, 0.25) is 0 Å². The van der Waals surface area contributed by atoms with Crippen LogP contribution in [0, 0.1) is 0 Å². The fourth-order valence-electron chi connectivity index (χ4n) is 2.34. The summed E-state index contributed by atoms with van der Waals surface area (Å²) in [5.41, 5.74) is 0.883. The molecule has 1 fully saturated rings. The third kappa shape index (κ3) is 3.45. The van der Waals surface area contributed by atoms with Gasteiger partial charge in [0, 0.05) is 31.1 Å². The summed E-state index contributed by atoms with van der Waals surface area (Å²) in [4.78, 5) is 25.4. The molecule has 21 heavy (non-hydrogen) atoms. The molecule has 0 saturated carbocycles. The van der Waals surface area contributed by atoms with E-state index in [1.165, 1.54) is 0 Å². The number of carbonyl (C=O) groups is 2. The van der Waals surface area contributed by atoms with E-state index in [1.807, 2.05) is 12.1 Å². The molecule has 2 rings (SSSR count). The average molecular weight is 292 g/mol. The van der Waals surface area contributed by atoms with Gasteiger partial charge in [-0.25, -0.2) is 0 Å². The predicted molar refractivity (Wildman–Crippen MR) is 77.2 cm³/mol. The number of nitrogens with zero attached hydrogens (tertiary/aromatic N) is 1. The summed E-state index contributed by atoms with van der Waals surface area (Å²) in [7, 11) is 3.17. The molecule has 1 aliphatic heterocycles. The number of methoxy groups -OCH3 is 2. The third-order valence-corrected chi connectivity index (χ3v) is 3.52. The molecule has 1 heterocycles. The monoisotopic (exact) mass is 292 g/mol. The first-order valence-electron chi connectivity index (χ1n) is 6.84. The first-order valence-corrected chi connectivity index (χ1v) is 6.84. The van der Waals surface area contributed by atoms with Crippen molar-refractivity contribution in [2.24, 2.45) is 0 Å². The molecule has 0 radical (unpaired) electrons. The molecule has 0 spiro atoms. The van der Waals surface area contributed by atoms with Gasteiger partial charge in [0.1, 0.15) is 17.5 Å². The molecule has 6 nitrogen and oxygen atoms in total. The van der Waals surface area contributed by atoms with Crippen molar-refractivity contribution in [3.8, 4) is 11.5 Å². The summed E-state index contributed by atoms with van der Waals surface area (Å²) in [6.07, 6.45) is 0.314. The Labute approximate surface area is 124 Å². The van der Waals surface area contributed by atoms with Crippen LogP contribution in [-0.4, -0.2) is 43.5 Å². The summed E-state index contributed by atoms with van der Waals surface area (Å²) in [5.74, 6) is 1.18. The zero-order valence-electron chi connectivity index (χ0n) is 12.5. The summed E-state index contributed by atoms with van der Waals surface area (Å²) in [5, 5.41) is 2.67. The number of nitrogens with one attached hydrogen (secondary N) is 1. The van der Waals surface area contributed by atoms with E-state index in [1.54, 1.807) is 32.1 Å². The van der Waals surface area contributed by atoms with Gasteiger partial charge >= 0.3 is 0 Å². The van der Waals surface area contributed by atoms with E-state index in [0.717, 1.165) is 5.56 Å². The Kier molecular flexibility index (Phi) is 4.67. The van der Waals surface area contributed by atoms with Gasteiger partial charge in [-0.15, -0.1) is 0 Å². The largest absolute Gasteiger partial charge is 0.497 e. The quantitative estimate of drug-likeness (QED) is 0.897. The first-order chi connectivity index (χ1) is 10.0. The van der Waals surface area contributed by atoms with Crippen LogP contribution in [0.4, 0.5) is 0 Å². The van der Waals surface area contributed by atoms with Crippen LogP contribution < -0.4 is 14.8 Å². The number of benzene rings is 1. The van der Waals surface area contributed by atoms with Crippen molar-refractivity contribution in [2.75, 3.05) is 20.8 Å². The second kappa shape index (κ2) is 6.47. The molecule has 0 aliphatic carbocycles. The van der Waals surface area contributed by atoms with Gasteiger partial charge in [-0.3, -0.25) is 9.59 Å². The van der Waals surface area contributed by atoms with Crippen LogP contribution >= 0.6 is 0 Å². The second-order valence-corrected chi connectivity index (χ2v) is 4.98. The number of amides is 2. The van der Waals surface area contributed by atoms with Gasteiger partial charge in [-0.05, 0) is 19.1 Å². The highest BCUT2D eigenvalue weighted by atomic mass is 16.5. The normalized spacial score (nSPS) is 19.0. The van der Waals surface area contributed by atoms with Gasteiger partial charge in [-0.1, -0.05) is 0 Å². The summed E-state index contributed by atoms with van der Waals surface area (Å²) >= 11 is 0. The maximum absolute atomic E-state index is 12.3. The zero-order chi connectivity index (χ0) is 15.4. The van der Waals surface area contributed by atoms with Crippen molar-refractivity contribution < 1.29 is 19.1 Å². The molecular weight excluding hydrogens is 272 g/mol. The van der Waals surface area contributed by atoms with E-state index >= 15 is 0 Å². The minimum Gasteiger partial charge on any atom is -0.497 e. The Bertz CT molecular complexity index is 544. The molecule has 114 valence electrons. The van der Waals surface area contributed by atoms with Crippen molar-refractivity contribution in [3.63, 3.8) is 0 Å². The fraction of sp³-hybridized carbons (Fsp3) is 0.467. The summed E-state index contributed by atoms with van der Waals surface area (Å²) in [6, 6.07) is 4.98. The molecule has 0 aromatic heterocycles. The third-order valence-electron chi connectivity index (χ3n) is 3.52. The number of ether oxygens (including phenoxy) is 2. The Morgan fingerprint density at radius 1 is 1.29 bits per heavy atom. The van der Waals surface area contributed by atoms with Crippen LogP contribution in [0.5, 0.6) is 11.5 Å². The van der Waals surface area contributed by atoms with Crippen LogP contribution in [0.25, 0.3) is 0 Å².